The third kappa shape index (κ3) is 51.7. The van der Waals surface area contributed by atoms with Crippen LogP contribution in [0.5, 0.6) is 0 Å². The van der Waals surface area contributed by atoms with Crippen molar-refractivity contribution in [2.75, 3.05) is 0 Å². The Morgan fingerprint density at radius 2 is 0.773 bits per heavy atom. The minimum absolute atomic E-state index is 0. The molecule has 0 aromatic heterocycles. The molecule has 1 radical (unpaired) electrons. The smallest absolute Gasteiger partial charge is 0.155 e. The normalized spacial score (nSPS) is 14.2. The molecule has 3 N–H and O–H groups in total. The molecule has 7 heteroatoms. The minimum Gasteiger partial charge on any atom is -0.512 e. The maximum Gasteiger partial charge on any atom is 0.155 e. The van der Waals surface area contributed by atoms with Gasteiger partial charge in [-0.2, -0.15) is 0 Å². The average molecular weight is 354 g/mol. The van der Waals surface area contributed by atoms with E-state index in [1.54, 1.807) is 0 Å². The van der Waals surface area contributed by atoms with Gasteiger partial charge >= 0.3 is 0 Å². The standard InChI is InChI=1S/3C5H8O2.V/c3*1-4(6)3-5(2)7;/h3*3,6H,1-2H3;/b3*4-3-;/i3*3D;. The van der Waals surface area contributed by atoms with Crippen LogP contribution in [0.15, 0.2) is 35.4 Å². The van der Waals surface area contributed by atoms with Crippen molar-refractivity contribution in [3.63, 3.8) is 0 Å². The largest absolute Gasteiger partial charge is 0.512 e. The summed E-state index contributed by atoms with van der Waals surface area (Å²) < 4.78 is 20.3. The summed E-state index contributed by atoms with van der Waals surface area (Å²) in [5.41, 5.74) is 0. The zero-order chi connectivity index (χ0) is 20.2. The van der Waals surface area contributed by atoms with Gasteiger partial charge < -0.3 is 15.3 Å². The summed E-state index contributed by atoms with van der Waals surface area (Å²) in [6.45, 7) is 7.64. The molecule has 6 nitrogen and oxygen atoms in total. The zero-order valence-corrected chi connectivity index (χ0v) is 14.9. The van der Waals surface area contributed by atoms with Crippen LogP contribution in [-0.2, 0) is 32.9 Å². The molecule has 0 amide bonds. The molecule has 0 aliphatic rings. The van der Waals surface area contributed by atoms with Gasteiger partial charge in [0.1, 0.15) is 0 Å². The number of aliphatic hydroxyl groups is 3. The second kappa shape index (κ2) is 17.3. The van der Waals surface area contributed by atoms with Gasteiger partial charge in [0, 0.05) is 36.7 Å². The van der Waals surface area contributed by atoms with Crippen LogP contribution in [0.3, 0.4) is 0 Å². The fourth-order valence-corrected chi connectivity index (χ4v) is 0.764. The molecular weight excluding hydrogens is 327 g/mol. The van der Waals surface area contributed by atoms with Crippen molar-refractivity contribution < 1.29 is 52.4 Å². The van der Waals surface area contributed by atoms with E-state index in [1.807, 2.05) is 0 Å². The van der Waals surface area contributed by atoms with Gasteiger partial charge in [-0.3, -0.25) is 14.4 Å². The minimum atomic E-state index is -0.412. The number of ketones is 3. The van der Waals surface area contributed by atoms with Gasteiger partial charge in [-0.1, -0.05) is 0 Å². The van der Waals surface area contributed by atoms with Crippen LogP contribution in [0, 0.1) is 0 Å². The van der Waals surface area contributed by atoms with E-state index in [1.165, 1.54) is 41.5 Å². The molecule has 0 fully saturated rings. The first kappa shape index (κ1) is 20.2. The number of hydrogen-bond acceptors (Lipinski definition) is 6. The number of hydrogen-bond donors (Lipinski definition) is 3. The first-order valence-corrected chi connectivity index (χ1v) is 5.78. The Bertz CT molecular complexity index is 487. The third-order valence-corrected chi connectivity index (χ3v) is 1.07. The van der Waals surface area contributed by atoms with E-state index in [0.29, 0.717) is 0 Å². The van der Waals surface area contributed by atoms with Gasteiger partial charge in [0.15, 0.2) is 17.3 Å². The molecule has 0 atom stereocenters. The van der Waals surface area contributed by atoms with Gasteiger partial charge in [0.2, 0.25) is 0 Å². The predicted molar refractivity (Wildman–Crippen MR) is 81.2 cm³/mol. The topological polar surface area (TPSA) is 112 Å². The van der Waals surface area contributed by atoms with Crippen LogP contribution in [0.25, 0.3) is 0 Å². The van der Waals surface area contributed by atoms with Crippen LogP contribution in [0.1, 0.15) is 45.7 Å². The van der Waals surface area contributed by atoms with Crippen LogP contribution >= 0.6 is 0 Å². The number of rotatable bonds is 3. The van der Waals surface area contributed by atoms with Crippen molar-refractivity contribution in [1.82, 2.24) is 0 Å². The van der Waals surface area contributed by atoms with Crippen LogP contribution in [-0.4, -0.2) is 32.7 Å². The number of carbonyl (C=O) groups excluding carboxylic acids is 3. The molecule has 0 unspecified atom stereocenters. The quantitative estimate of drug-likeness (QED) is 0.530. The maximum atomic E-state index is 10.2. The molecule has 0 bridgehead atoms. The van der Waals surface area contributed by atoms with Crippen molar-refractivity contribution in [1.29, 1.82) is 0 Å². The Labute approximate surface area is 147 Å². The summed E-state index contributed by atoms with van der Waals surface area (Å²) in [5, 5.41) is 25.4. The molecule has 0 aromatic carbocycles. The molecular formula is C15H24O6V. The van der Waals surface area contributed by atoms with Gasteiger partial charge in [-0.15, -0.1) is 0 Å². The van der Waals surface area contributed by atoms with Crippen molar-refractivity contribution in [2.24, 2.45) is 0 Å². The number of carbonyl (C=O) groups is 3. The third-order valence-electron chi connectivity index (χ3n) is 1.07. The van der Waals surface area contributed by atoms with Gasteiger partial charge in [-0.25, -0.2) is 0 Å². The van der Waals surface area contributed by atoms with Gasteiger partial charge in [0.25, 0.3) is 0 Å². The number of allylic oxidation sites excluding steroid dienone is 6. The van der Waals surface area contributed by atoms with E-state index in [-0.39, 0.29) is 54.0 Å². The first-order valence-electron chi connectivity index (χ1n) is 7.28. The van der Waals surface area contributed by atoms with E-state index in [4.69, 9.17) is 19.4 Å². The summed E-state index contributed by atoms with van der Waals surface area (Å²) >= 11 is 0. The van der Waals surface area contributed by atoms with Crippen LogP contribution in [0.2, 0.25) is 0 Å². The zero-order valence-electron chi connectivity index (χ0n) is 16.5. The Hall–Kier alpha value is -1.79. The van der Waals surface area contributed by atoms with Crippen LogP contribution < -0.4 is 0 Å². The van der Waals surface area contributed by atoms with E-state index in [0.717, 1.165) is 0 Å². The van der Waals surface area contributed by atoms with E-state index in [2.05, 4.69) is 0 Å². The molecule has 0 saturated heterocycles. The first-order chi connectivity index (χ1) is 10.7. The second-order valence-corrected chi connectivity index (χ2v) is 3.80. The molecule has 0 rings (SSSR count). The maximum absolute atomic E-state index is 10.2. The summed E-state index contributed by atoms with van der Waals surface area (Å²) in [7, 11) is 0. The summed E-state index contributed by atoms with van der Waals surface area (Å²) in [6.07, 6.45) is 0. The molecule has 0 heterocycles. The molecule has 125 valence electrons. The monoisotopic (exact) mass is 354 g/mol. The molecule has 0 saturated carbocycles. The molecule has 0 aliphatic heterocycles. The predicted octanol–water partition coefficient (Wildman–Crippen LogP) is 3.11. The summed E-state index contributed by atoms with van der Waals surface area (Å²) in [6, 6.07) is -0.944. The van der Waals surface area contributed by atoms with Crippen LogP contribution in [0.4, 0.5) is 0 Å². The van der Waals surface area contributed by atoms with Crippen molar-refractivity contribution in [3.8, 4) is 0 Å². The summed E-state index contributed by atoms with van der Waals surface area (Å²) in [4.78, 5) is 30.5. The average Bonchev–Trinajstić information content (AvgIpc) is 2.45. The Balaban J connectivity index is -0.000000130. The van der Waals surface area contributed by atoms with E-state index >= 15 is 0 Å². The Morgan fingerprint density at radius 1 is 0.636 bits per heavy atom. The Kier molecular flexibility index (Phi) is 15.9. The molecule has 22 heavy (non-hydrogen) atoms. The van der Waals surface area contributed by atoms with Crippen molar-refractivity contribution in [3.05, 3.63) is 35.4 Å². The van der Waals surface area contributed by atoms with Gasteiger partial charge in [0.05, 0.1) is 21.4 Å². The fraction of sp³-hybridized carbons (Fsp3) is 0.400. The molecule has 0 aliphatic carbocycles. The fourth-order valence-electron chi connectivity index (χ4n) is 0.764. The molecule has 0 aromatic rings. The van der Waals surface area contributed by atoms with Crippen molar-refractivity contribution in [2.45, 2.75) is 41.5 Å². The number of aliphatic hydroxyl groups excluding tert-OH is 3. The van der Waals surface area contributed by atoms with E-state index < -0.39 is 17.3 Å². The Morgan fingerprint density at radius 3 is 0.773 bits per heavy atom. The van der Waals surface area contributed by atoms with Gasteiger partial charge in [-0.05, 0) is 41.5 Å². The second-order valence-electron chi connectivity index (χ2n) is 3.80. The summed E-state index contributed by atoms with van der Waals surface area (Å²) in [5.74, 6) is -1.91. The van der Waals surface area contributed by atoms with Crippen molar-refractivity contribution >= 4 is 17.3 Å². The molecule has 0 spiro atoms. The van der Waals surface area contributed by atoms with E-state index in [9.17, 15) is 14.4 Å². The SMILES string of the molecule is [2H]/C(C(C)=O)=C(\C)O.[2H]/C(C(C)=O)=C(\C)O.[2H]/C(C(C)=O)=C(\C)O.[V].